The predicted octanol–water partition coefficient (Wildman–Crippen LogP) is 1.78. The van der Waals surface area contributed by atoms with Crippen molar-refractivity contribution in [3.8, 4) is 0 Å². The quantitative estimate of drug-likeness (QED) is 0.554. The molecule has 0 saturated heterocycles. The zero-order valence-electron chi connectivity index (χ0n) is 13.3. The number of nitrogens with two attached hydrogens (primary N) is 1. The number of nitrogens with zero attached hydrogens (tertiary/aromatic N) is 3. The van der Waals surface area contributed by atoms with Crippen molar-refractivity contribution in [3.05, 3.63) is 50.3 Å². The highest BCUT2D eigenvalue weighted by Gasteiger charge is 2.15. The lowest BCUT2D eigenvalue weighted by Gasteiger charge is -2.17. The van der Waals surface area contributed by atoms with Crippen LogP contribution in [0.1, 0.15) is 30.6 Å². The van der Waals surface area contributed by atoms with E-state index < -0.39 is 5.56 Å². The van der Waals surface area contributed by atoms with Crippen LogP contribution in [0.15, 0.2) is 38.7 Å². The largest absolute Gasteiger partial charge is 0.349 e. The van der Waals surface area contributed by atoms with Crippen LogP contribution in [-0.4, -0.2) is 26.5 Å². The van der Waals surface area contributed by atoms with E-state index in [4.69, 9.17) is 5.84 Å². The van der Waals surface area contributed by atoms with Gasteiger partial charge in [-0.25, -0.2) is 0 Å². The number of aryl methyl sites for hydroxylation is 1. The Balaban J connectivity index is 1.98. The second-order valence-electron chi connectivity index (χ2n) is 5.11. The number of carbonyl (C=O) groups is 1. The summed E-state index contributed by atoms with van der Waals surface area (Å²) in [6.45, 7) is 3.53. The fraction of sp³-hybridized carbons (Fsp3) is 0.333. The molecule has 0 fully saturated rings. The monoisotopic (exact) mass is 411 g/mol. The normalized spacial score (nSPS) is 12.0. The number of aromatic nitrogens is 3. The summed E-state index contributed by atoms with van der Waals surface area (Å²) in [7, 11) is 0. The van der Waals surface area contributed by atoms with Crippen LogP contribution in [0, 0.1) is 6.92 Å². The molecule has 0 unspecified atom stereocenters. The van der Waals surface area contributed by atoms with Crippen molar-refractivity contribution in [1.82, 2.24) is 20.2 Å². The van der Waals surface area contributed by atoms with Gasteiger partial charge in [-0.15, -0.1) is 10.2 Å². The maximum atomic E-state index is 12.2. The van der Waals surface area contributed by atoms with Crippen molar-refractivity contribution < 1.29 is 4.79 Å². The highest BCUT2D eigenvalue weighted by molar-refractivity contribution is 9.10. The number of nitrogen functional groups attached to an aromatic ring is 1. The number of amides is 1. The number of rotatable bonds is 6. The molecule has 128 valence electrons. The smallest absolute Gasteiger partial charge is 0.294 e. The van der Waals surface area contributed by atoms with Crippen molar-refractivity contribution >= 4 is 33.6 Å². The summed E-state index contributed by atoms with van der Waals surface area (Å²) in [5.41, 5.74) is 0.826. The molecular weight excluding hydrogens is 394 g/mol. The van der Waals surface area contributed by atoms with Crippen molar-refractivity contribution in [3.63, 3.8) is 0 Å². The number of hydrogen-bond acceptors (Lipinski definition) is 6. The molecule has 1 aromatic carbocycles. The van der Waals surface area contributed by atoms with E-state index in [1.165, 1.54) is 6.92 Å². The van der Waals surface area contributed by atoms with Gasteiger partial charge in [0.05, 0.1) is 11.8 Å². The van der Waals surface area contributed by atoms with Gasteiger partial charge in [-0.1, -0.05) is 46.7 Å². The van der Waals surface area contributed by atoms with Crippen molar-refractivity contribution in [1.29, 1.82) is 0 Å². The Bertz CT molecular complexity index is 778. The highest BCUT2D eigenvalue weighted by atomic mass is 79.9. The van der Waals surface area contributed by atoms with Crippen molar-refractivity contribution in [2.24, 2.45) is 0 Å². The van der Waals surface area contributed by atoms with E-state index >= 15 is 0 Å². The summed E-state index contributed by atoms with van der Waals surface area (Å²) < 4.78 is 1.90. The molecule has 0 aliphatic rings. The molecule has 1 amide bonds. The standard InChI is InChI=1S/C15H18BrN5O2S/c1-3-12(10-4-6-11(16)7-5-10)18-13(22)8-24-15-20-19-9(2)14(23)21(15)17/h4-7,12H,3,8,17H2,1-2H3,(H,18,22)/t12-/m0/s1. The van der Waals surface area contributed by atoms with E-state index in [1.807, 2.05) is 31.2 Å². The number of halogens is 1. The second kappa shape index (κ2) is 8.29. The Morgan fingerprint density at radius 3 is 2.67 bits per heavy atom. The van der Waals surface area contributed by atoms with Crippen LogP contribution in [-0.2, 0) is 4.79 Å². The molecule has 9 heteroatoms. The molecule has 1 heterocycles. The van der Waals surface area contributed by atoms with E-state index in [0.29, 0.717) is 0 Å². The molecule has 0 bridgehead atoms. The van der Waals surface area contributed by atoms with Crippen molar-refractivity contribution in [2.75, 3.05) is 11.6 Å². The Morgan fingerprint density at radius 1 is 1.38 bits per heavy atom. The summed E-state index contributed by atoms with van der Waals surface area (Å²) in [6, 6.07) is 7.74. The first-order valence-electron chi connectivity index (χ1n) is 7.31. The molecule has 0 aliphatic carbocycles. The molecule has 2 rings (SSSR count). The first-order valence-corrected chi connectivity index (χ1v) is 9.09. The molecule has 0 saturated carbocycles. The molecule has 3 N–H and O–H groups in total. The molecule has 2 aromatic rings. The maximum Gasteiger partial charge on any atom is 0.294 e. The molecular formula is C15H18BrN5O2S. The average Bonchev–Trinajstić information content (AvgIpc) is 2.58. The lowest BCUT2D eigenvalue weighted by molar-refractivity contribution is -0.119. The van der Waals surface area contributed by atoms with Crippen LogP contribution < -0.4 is 16.7 Å². The first-order chi connectivity index (χ1) is 11.4. The minimum absolute atomic E-state index is 0.0737. The van der Waals surface area contributed by atoms with Crippen LogP contribution in [0.3, 0.4) is 0 Å². The fourth-order valence-electron chi connectivity index (χ4n) is 2.05. The summed E-state index contributed by atoms with van der Waals surface area (Å²) in [5, 5.41) is 10.7. The summed E-state index contributed by atoms with van der Waals surface area (Å²) >= 11 is 4.47. The molecule has 0 aliphatic heterocycles. The van der Waals surface area contributed by atoms with E-state index in [2.05, 4.69) is 31.4 Å². The van der Waals surface area contributed by atoms with E-state index in [0.717, 1.165) is 32.9 Å². The van der Waals surface area contributed by atoms with Crippen LogP contribution in [0.5, 0.6) is 0 Å². The van der Waals surface area contributed by atoms with Gasteiger partial charge in [-0.3, -0.25) is 9.59 Å². The third kappa shape index (κ3) is 4.57. The second-order valence-corrected chi connectivity index (χ2v) is 6.97. The molecule has 0 spiro atoms. The number of nitrogens with one attached hydrogen (secondary N) is 1. The Kier molecular flexibility index (Phi) is 6.38. The number of carbonyl (C=O) groups excluding carboxylic acids is 1. The Labute approximate surface area is 152 Å². The van der Waals surface area contributed by atoms with Gasteiger partial charge in [0, 0.05) is 4.47 Å². The molecule has 1 aromatic heterocycles. The molecule has 1 atom stereocenters. The highest BCUT2D eigenvalue weighted by Crippen LogP contribution is 2.20. The van der Waals surface area contributed by atoms with E-state index in [9.17, 15) is 9.59 Å². The lowest BCUT2D eigenvalue weighted by atomic mass is 10.0. The predicted molar refractivity (Wildman–Crippen MR) is 97.2 cm³/mol. The van der Waals surface area contributed by atoms with Gasteiger partial charge in [0.15, 0.2) is 0 Å². The van der Waals surface area contributed by atoms with Gasteiger partial charge in [0.1, 0.15) is 5.69 Å². The third-order valence-corrected chi connectivity index (χ3v) is 4.84. The number of hydrogen-bond donors (Lipinski definition) is 2. The SMILES string of the molecule is CC[C@H](NC(=O)CSc1nnc(C)c(=O)n1N)c1ccc(Br)cc1. The van der Waals surface area contributed by atoms with Crippen LogP contribution in [0.2, 0.25) is 0 Å². The zero-order valence-corrected chi connectivity index (χ0v) is 15.7. The van der Waals surface area contributed by atoms with Gasteiger partial charge in [0.2, 0.25) is 11.1 Å². The van der Waals surface area contributed by atoms with E-state index in [-0.39, 0.29) is 28.6 Å². The summed E-state index contributed by atoms with van der Waals surface area (Å²) in [4.78, 5) is 23.9. The molecule has 7 nitrogen and oxygen atoms in total. The molecule has 24 heavy (non-hydrogen) atoms. The van der Waals surface area contributed by atoms with Crippen LogP contribution in [0.25, 0.3) is 0 Å². The van der Waals surface area contributed by atoms with Crippen LogP contribution in [0.4, 0.5) is 0 Å². The fourth-order valence-corrected chi connectivity index (χ4v) is 2.98. The average molecular weight is 412 g/mol. The Morgan fingerprint density at radius 2 is 2.04 bits per heavy atom. The van der Waals surface area contributed by atoms with Crippen LogP contribution >= 0.6 is 27.7 Å². The van der Waals surface area contributed by atoms with Gasteiger partial charge in [-0.05, 0) is 31.0 Å². The van der Waals surface area contributed by atoms with Gasteiger partial charge in [0.25, 0.3) is 5.56 Å². The maximum absolute atomic E-state index is 12.2. The van der Waals surface area contributed by atoms with Gasteiger partial charge in [-0.2, -0.15) is 4.68 Å². The third-order valence-electron chi connectivity index (χ3n) is 3.37. The Hall–Kier alpha value is -1.87. The summed E-state index contributed by atoms with van der Waals surface area (Å²) in [6.07, 6.45) is 0.768. The number of benzene rings is 1. The first kappa shape index (κ1) is 18.5. The zero-order chi connectivity index (χ0) is 17.7. The topological polar surface area (TPSA) is 103 Å². The van der Waals surface area contributed by atoms with E-state index in [1.54, 1.807) is 0 Å². The number of thioether (sulfide) groups is 1. The minimum Gasteiger partial charge on any atom is -0.349 e. The van der Waals surface area contributed by atoms with Gasteiger partial charge >= 0.3 is 0 Å². The minimum atomic E-state index is -0.422. The van der Waals surface area contributed by atoms with Crippen molar-refractivity contribution in [2.45, 2.75) is 31.5 Å². The summed E-state index contributed by atoms with van der Waals surface area (Å²) in [5.74, 6) is 5.58. The van der Waals surface area contributed by atoms with Gasteiger partial charge < -0.3 is 11.2 Å². The lowest BCUT2D eigenvalue weighted by Crippen LogP contribution is -2.33. The molecule has 0 radical (unpaired) electrons.